The van der Waals surface area contributed by atoms with E-state index in [0.29, 0.717) is 6.04 Å². The lowest BCUT2D eigenvalue weighted by atomic mass is 10.0. The summed E-state index contributed by atoms with van der Waals surface area (Å²) >= 11 is 2.14. The molecule has 0 aromatic heterocycles. The zero-order valence-corrected chi connectivity index (χ0v) is 10.1. The number of rotatable bonds is 4. The van der Waals surface area contributed by atoms with Gasteiger partial charge in [-0.1, -0.05) is 6.42 Å². The highest BCUT2D eigenvalue weighted by molar-refractivity contribution is 8.00. The second kappa shape index (κ2) is 7.20. The predicted molar refractivity (Wildman–Crippen MR) is 65.6 cm³/mol. The summed E-state index contributed by atoms with van der Waals surface area (Å²) in [6.45, 7) is 1.92. The van der Waals surface area contributed by atoms with Crippen LogP contribution in [0.1, 0.15) is 39.0 Å². The molecule has 0 aromatic rings. The van der Waals surface area contributed by atoms with Crippen molar-refractivity contribution in [1.82, 2.24) is 5.32 Å². The molecule has 1 saturated heterocycles. The van der Waals surface area contributed by atoms with Gasteiger partial charge in [0, 0.05) is 17.7 Å². The van der Waals surface area contributed by atoms with Crippen LogP contribution in [0, 0.1) is 11.8 Å². The standard InChI is InChI=1S/C12H21NS/c1-3-4-5-8-11(13-2)12-9-6-7-10-14-12/h11-13H,5-10H2,1-2H3. The SMILES string of the molecule is CC#CCCC(NC)C1CCCCS1. The van der Waals surface area contributed by atoms with Gasteiger partial charge in [-0.15, -0.1) is 11.8 Å². The fourth-order valence-electron chi connectivity index (χ4n) is 1.95. The van der Waals surface area contributed by atoms with Crippen molar-refractivity contribution in [3.8, 4) is 11.8 Å². The summed E-state index contributed by atoms with van der Waals surface area (Å²) in [6.07, 6.45) is 6.45. The maximum absolute atomic E-state index is 3.44. The molecule has 14 heavy (non-hydrogen) atoms. The minimum Gasteiger partial charge on any atom is -0.316 e. The van der Waals surface area contributed by atoms with Gasteiger partial charge in [-0.25, -0.2) is 0 Å². The van der Waals surface area contributed by atoms with Crippen LogP contribution in [-0.4, -0.2) is 24.1 Å². The lowest BCUT2D eigenvalue weighted by molar-refractivity contribution is 0.475. The Hall–Kier alpha value is -0.130. The molecule has 0 spiro atoms. The van der Waals surface area contributed by atoms with Crippen LogP contribution < -0.4 is 5.32 Å². The summed E-state index contributed by atoms with van der Waals surface area (Å²) < 4.78 is 0. The zero-order valence-electron chi connectivity index (χ0n) is 9.31. The van der Waals surface area contributed by atoms with E-state index in [-0.39, 0.29) is 0 Å². The fourth-order valence-corrected chi connectivity index (χ4v) is 3.46. The number of hydrogen-bond donors (Lipinski definition) is 1. The second-order valence-corrected chi connectivity index (χ2v) is 5.11. The molecular weight excluding hydrogens is 190 g/mol. The molecule has 1 aliphatic rings. The third-order valence-corrected chi connectivity index (χ3v) is 4.31. The molecule has 0 bridgehead atoms. The largest absolute Gasteiger partial charge is 0.316 e. The van der Waals surface area contributed by atoms with Crippen molar-refractivity contribution >= 4 is 11.8 Å². The monoisotopic (exact) mass is 211 g/mol. The Balaban J connectivity index is 2.30. The highest BCUT2D eigenvalue weighted by Crippen LogP contribution is 2.28. The van der Waals surface area contributed by atoms with Crippen LogP contribution in [-0.2, 0) is 0 Å². The van der Waals surface area contributed by atoms with Gasteiger partial charge in [0.25, 0.3) is 0 Å². The van der Waals surface area contributed by atoms with Gasteiger partial charge >= 0.3 is 0 Å². The van der Waals surface area contributed by atoms with E-state index in [1.807, 2.05) is 6.92 Å². The van der Waals surface area contributed by atoms with Crippen molar-refractivity contribution in [1.29, 1.82) is 0 Å². The van der Waals surface area contributed by atoms with E-state index in [2.05, 4.69) is 36.0 Å². The van der Waals surface area contributed by atoms with Crippen LogP contribution >= 0.6 is 11.8 Å². The fraction of sp³-hybridized carbons (Fsp3) is 0.833. The van der Waals surface area contributed by atoms with Gasteiger partial charge < -0.3 is 5.32 Å². The normalized spacial score (nSPS) is 23.7. The van der Waals surface area contributed by atoms with E-state index >= 15 is 0 Å². The average Bonchev–Trinajstić information content (AvgIpc) is 2.26. The minimum absolute atomic E-state index is 0.668. The summed E-state index contributed by atoms with van der Waals surface area (Å²) in [6, 6.07) is 0.668. The molecule has 1 fully saturated rings. The van der Waals surface area contributed by atoms with Crippen molar-refractivity contribution in [2.45, 2.75) is 50.3 Å². The second-order valence-electron chi connectivity index (χ2n) is 3.77. The van der Waals surface area contributed by atoms with E-state index in [0.717, 1.165) is 11.7 Å². The molecule has 0 amide bonds. The molecule has 0 radical (unpaired) electrons. The minimum atomic E-state index is 0.668. The van der Waals surface area contributed by atoms with Gasteiger partial charge in [0.05, 0.1) is 0 Å². The van der Waals surface area contributed by atoms with E-state index in [9.17, 15) is 0 Å². The molecule has 0 aromatic carbocycles. The first-order chi connectivity index (χ1) is 6.88. The van der Waals surface area contributed by atoms with Crippen LogP contribution in [0.3, 0.4) is 0 Å². The van der Waals surface area contributed by atoms with Gasteiger partial charge in [0.15, 0.2) is 0 Å². The van der Waals surface area contributed by atoms with Gasteiger partial charge in [0.2, 0.25) is 0 Å². The summed E-state index contributed by atoms with van der Waals surface area (Å²) in [4.78, 5) is 0. The van der Waals surface area contributed by atoms with Gasteiger partial charge in [-0.3, -0.25) is 0 Å². The van der Waals surface area contributed by atoms with Gasteiger partial charge in [-0.2, -0.15) is 11.8 Å². The summed E-state index contributed by atoms with van der Waals surface area (Å²) in [7, 11) is 2.08. The molecule has 80 valence electrons. The number of nitrogens with one attached hydrogen (secondary N) is 1. The van der Waals surface area contributed by atoms with Gasteiger partial charge in [0.1, 0.15) is 0 Å². The molecular formula is C12H21NS. The van der Waals surface area contributed by atoms with Crippen LogP contribution in [0.2, 0.25) is 0 Å². The zero-order chi connectivity index (χ0) is 10.2. The highest BCUT2D eigenvalue weighted by atomic mass is 32.2. The topological polar surface area (TPSA) is 12.0 Å². The predicted octanol–water partition coefficient (Wildman–Crippen LogP) is 2.66. The Bertz CT molecular complexity index is 198. The summed E-state index contributed by atoms with van der Waals surface area (Å²) in [5, 5.41) is 4.27. The Morgan fingerprint density at radius 3 is 2.93 bits per heavy atom. The van der Waals surface area contributed by atoms with E-state index < -0.39 is 0 Å². The molecule has 2 heteroatoms. The van der Waals surface area contributed by atoms with Crippen molar-refractivity contribution < 1.29 is 0 Å². The maximum atomic E-state index is 3.44. The number of hydrogen-bond acceptors (Lipinski definition) is 2. The first kappa shape index (κ1) is 11.9. The average molecular weight is 211 g/mol. The molecule has 1 rings (SSSR count). The smallest absolute Gasteiger partial charge is 0.0201 e. The first-order valence-corrected chi connectivity index (χ1v) is 6.62. The van der Waals surface area contributed by atoms with Crippen LogP contribution in [0.15, 0.2) is 0 Å². The van der Waals surface area contributed by atoms with Crippen LogP contribution in [0.4, 0.5) is 0 Å². The lowest BCUT2D eigenvalue weighted by Gasteiger charge is -2.29. The van der Waals surface area contributed by atoms with E-state index in [1.54, 1.807) is 0 Å². The van der Waals surface area contributed by atoms with Gasteiger partial charge in [-0.05, 0) is 39.0 Å². The van der Waals surface area contributed by atoms with E-state index in [1.165, 1.54) is 31.4 Å². The molecule has 1 N–H and O–H groups in total. The third kappa shape index (κ3) is 3.94. The Morgan fingerprint density at radius 2 is 2.36 bits per heavy atom. The van der Waals surface area contributed by atoms with Crippen molar-refractivity contribution in [3.05, 3.63) is 0 Å². The summed E-state index contributed by atoms with van der Waals surface area (Å²) in [5.74, 6) is 7.47. The molecule has 0 aliphatic carbocycles. The molecule has 2 unspecified atom stereocenters. The Labute approximate surface area is 92.4 Å². The first-order valence-electron chi connectivity index (χ1n) is 5.57. The maximum Gasteiger partial charge on any atom is 0.0201 e. The quantitative estimate of drug-likeness (QED) is 0.718. The van der Waals surface area contributed by atoms with E-state index in [4.69, 9.17) is 0 Å². The molecule has 1 heterocycles. The molecule has 0 saturated carbocycles. The third-order valence-electron chi connectivity index (χ3n) is 2.79. The number of thioether (sulfide) groups is 1. The highest BCUT2D eigenvalue weighted by Gasteiger charge is 2.21. The molecule has 2 atom stereocenters. The molecule has 1 nitrogen and oxygen atoms in total. The van der Waals surface area contributed by atoms with Crippen LogP contribution in [0.5, 0.6) is 0 Å². The Morgan fingerprint density at radius 1 is 1.50 bits per heavy atom. The lowest BCUT2D eigenvalue weighted by Crippen LogP contribution is -2.37. The molecule has 1 aliphatic heterocycles. The van der Waals surface area contributed by atoms with Crippen molar-refractivity contribution in [2.24, 2.45) is 0 Å². The van der Waals surface area contributed by atoms with Crippen molar-refractivity contribution in [3.63, 3.8) is 0 Å². The van der Waals surface area contributed by atoms with Crippen LogP contribution in [0.25, 0.3) is 0 Å². The Kier molecular flexibility index (Phi) is 6.14. The summed E-state index contributed by atoms with van der Waals surface area (Å²) in [5.41, 5.74) is 0. The van der Waals surface area contributed by atoms with Crippen molar-refractivity contribution in [2.75, 3.05) is 12.8 Å².